The second-order valence-electron chi connectivity index (χ2n) is 9.10. The first-order valence-electron chi connectivity index (χ1n) is 12.0. The summed E-state index contributed by atoms with van der Waals surface area (Å²) in [4.78, 5) is 17.0. The van der Waals surface area contributed by atoms with Gasteiger partial charge in [0.15, 0.2) is 11.7 Å². The maximum absolute atomic E-state index is 14.0. The molecule has 0 radical (unpaired) electrons. The number of carbonyl (C=O) groups excluding carboxylic acids is 1. The van der Waals surface area contributed by atoms with Crippen LogP contribution in [0.1, 0.15) is 34.6 Å². The number of fused-ring (bicyclic) bond motifs is 1. The van der Waals surface area contributed by atoms with E-state index < -0.39 is 18.3 Å². The quantitative estimate of drug-likeness (QED) is 0.539. The molecule has 1 N–H and O–H groups in total. The summed E-state index contributed by atoms with van der Waals surface area (Å²) in [6.45, 7) is 2.05. The predicted molar refractivity (Wildman–Crippen MR) is 132 cm³/mol. The molecular formula is C26H28F3N5O3. The topological polar surface area (TPSA) is 71.9 Å². The first-order valence-corrected chi connectivity index (χ1v) is 12.0. The van der Waals surface area contributed by atoms with Crippen LogP contribution in [0.15, 0.2) is 54.6 Å². The average Bonchev–Trinajstić information content (AvgIpc) is 3.36. The first kappa shape index (κ1) is 24.8. The number of hydrogen-bond acceptors (Lipinski definition) is 6. The van der Waals surface area contributed by atoms with Crippen molar-refractivity contribution in [1.29, 1.82) is 0 Å². The number of rotatable bonds is 5. The van der Waals surface area contributed by atoms with E-state index >= 15 is 0 Å². The number of benzene rings is 2. The van der Waals surface area contributed by atoms with Crippen molar-refractivity contribution in [2.24, 2.45) is 0 Å². The Morgan fingerprint density at radius 1 is 0.973 bits per heavy atom. The summed E-state index contributed by atoms with van der Waals surface area (Å²) in [5.74, 6) is 1.17. The molecule has 0 spiro atoms. The Labute approximate surface area is 212 Å². The molecule has 196 valence electrons. The minimum Gasteiger partial charge on any atom is -0.497 e. The van der Waals surface area contributed by atoms with Gasteiger partial charge >= 0.3 is 6.18 Å². The highest BCUT2D eigenvalue weighted by atomic mass is 19.4. The fourth-order valence-electron chi connectivity index (χ4n) is 4.87. The summed E-state index contributed by atoms with van der Waals surface area (Å²) in [5.41, 5.74) is 1.69. The number of methoxy groups -OCH3 is 2. The van der Waals surface area contributed by atoms with Crippen molar-refractivity contribution in [3.05, 3.63) is 65.9 Å². The van der Waals surface area contributed by atoms with E-state index in [1.165, 1.54) is 13.2 Å². The summed E-state index contributed by atoms with van der Waals surface area (Å²) in [6.07, 6.45) is -4.76. The third kappa shape index (κ3) is 5.03. The highest BCUT2D eigenvalue weighted by Gasteiger charge is 2.47. The van der Waals surface area contributed by atoms with Crippen LogP contribution in [0, 0.1) is 0 Å². The molecule has 8 nitrogen and oxygen atoms in total. The van der Waals surface area contributed by atoms with Gasteiger partial charge in [-0.05, 0) is 29.8 Å². The molecule has 2 aliphatic rings. The van der Waals surface area contributed by atoms with Gasteiger partial charge in [-0.15, -0.1) is 0 Å². The van der Waals surface area contributed by atoms with Gasteiger partial charge in [-0.3, -0.25) is 4.79 Å². The highest BCUT2D eigenvalue weighted by Crippen LogP contribution is 2.44. The van der Waals surface area contributed by atoms with Crippen LogP contribution >= 0.6 is 0 Å². The Morgan fingerprint density at radius 2 is 1.68 bits per heavy atom. The predicted octanol–water partition coefficient (Wildman–Crippen LogP) is 4.52. The van der Waals surface area contributed by atoms with Crippen molar-refractivity contribution < 1.29 is 27.4 Å². The minimum absolute atomic E-state index is 0.00182. The van der Waals surface area contributed by atoms with Crippen LogP contribution in [0.5, 0.6) is 11.5 Å². The second kappa shape index (κ2) is 9.87. The molecule has 1 aromatic heterocycles. The van der Waals surface area contributed by atoms with Gasteiger partial charge in [0.1, 0.15) is 17.3 Å². The lowest BCUT2D eigenvalue weighted by Gasteiger charge is -2.36. The average molecular weight is 516 g/mol. The van der Waals surface area contributed by atoms with E-state index in [-0.39, 0.29) is 23.8 Å². The third-order valence-electron chi connectivity index (χ3n) is 6.91. The number of carbonyl (C=O) groups is 1. The third-order valence-corrected chi connectivity index (χ3v) is 6.91. The molecule has 2 atom stereocenters. The lowest BCUT2D eigenvalue weighted by molar-refractivity contribution is -0.173. The van der Waals surface area contributed by atoms with Gasteiger partial charge in [0.05, 0.1) is 20.3 Å². The number of ether oxygens (including phenoxy) is 2. The van der Waals surface area contributed by atoms with E-state index in [9.17, 15) is 18.0 Å². The first-order chi connectivity index (χ1) is 17.8. The van der Waals surface area contributed by atoms with Gasteiger partial charge in [-0.25, -0.2) is 4.68 Å². The maximum Gasteiger partial charge on any atom is 0.410 e. The largest absolute Gasteiger partial charge is 0.497 e. The molecule has 3 heterocycles. The van der Waals surface area contributed by atoms with Gasteiger partial charge in [0, 0.05) is 50.4 Å². The molecule has 5 rings (SSSR count). The smallest absolute Gasteiger partial charge is 0.410 e. The normalized spacial score (nSPS) is 19.7. The molecule has 37 heavy (non-hydrogen) atoms. The van der Waals surface area contributed by atoms with Crippen molar-refractivity contribution in [2.45, 2.75) is 24.7 Å². The number of amides is 1. The molecule has 2 aromatic carbocycles. The van der Waals surface area contributed by atoms with E-state index in [2.05, 4.69) is 15.3 Å². The van der Waals surface area contributed by atoms with Gasteiger partial charge in [0.25, 0.3) is 5.91 Å². The van der Waals surface area contributed by atoms with E-state index in [0.717, 1.165) is 16.1 Å². The number of nitrogens with one attached hydrogen (secondary N) is 1. The molecule has 0 aliphatic carbocycles. The number of anilines is 2. The number of alkyl halides is 3. The molecule has 0 bridgehead atoms. The number of piperazine rings is 1. The van der Waals surface area contributed by atoms with Crippen LogP contribution in [0.2, 0.25) is 0 Å². The van der Waals surface area contributed by atoms with Gasteiger partial charge in [-0.2, -0.15) is 18.3 Å². The summed E-state index contributed by atoms with van der Waals surface area (Å²) in [7, 11) is 3.14. The minimum atomic E-state index is -4.52. The number of nitrogens with zero attached hydrogens (tertiary/aromatic N) is 4. The van der Waals surface area contributed by atoms with Crippen LogP contribution in [-0.2, 0) is 0 Å². The number of aromatic nitrogens is 2. The van der Waals surface area contributed by atoms with Crippen molar-refractivity contribution >= 4 is 17.4 Å². The fraction of sp³-hybridized carbons (Fsp3) is 0.385. The molecule has 1 saturated heterocycles. The van der Waals surface area contributed by atoms with Gasteiger partial charge in [0.2, 0.25) is 0 Å². The van der Waals surface area contributed by atoms with Gasteiger partial charge in [-0.1, -0.05) is 18.2 Å². The molecular weight excluding hydrogens is 487 g/mol. The monoisotopic (exact) mass is 515 g/mol. The van der Waals surface area contributed by atoms with Crippen LogP contribution in [0.25, 0.3) is 0 Å². The Kier molecular flexibility index (Phi) is 6.61. The molecule has 1 fully saturated rings. The fourth-order valence-corrected chi connectivity index (χ4v) is 4.87. The SMILES string of the molecule is COc1ccc([C@H]2C[C@H](C(F)(F)F)n3nc(C(=O)N4CCN(c5cccc(OC)c5)CC4)cc3N2)cc1. The van der Waals surface area contributed by atoms with E-state index in [1.54, 1.807) is 36.3 Å². The Hall–Kier alpha value is -3.89. The summed E-state index contributed by atoms with van der Waals surface area (Å²) in [6, 6.07) is 13.6. The van der Waals surface area contributed by atoms with Crippen LogP contribution in [0.3, 0.4) is 0 Å². The molecule has 11 heteroatoms. The zero-order chi connectivity index (χ0) is 26.2. The standard InChI is InChI=1S/C26H28F3N5O3/c1-36-19-8-6-17(7-9-19)21-15-23(26(27,28)29)34-24(30-21)16-22(31-34)25(35)33-12-10-32(11-13-33)18-4-3-5-20(14-18)37-2/h3-9,14,16,21,23,30H,10-13,15H2,1-2H3/t21-,23-/m1/s1. The Balaban J connectivity index is 1.32. The van der Waals surface area contributed by atoms with E-state index in [1.807, 2.05) is 24.3 Å². The number of hydrogen-bond donors (Lipinski definition) is 1. The Morgan fingerprint density at radius 3 is 2.32 bits per heavy atom. The Bertz CT molecular complexity index is 1250. The maximum atomic E-state index is 14.0. The summed E-state index contributed by atoms with van der Waals surface area (Å²) < 4.78 is 53.4. The van der Waals surface area contributed by atoms with E-state index in [0.29, 0.717) is 37.5 Å². The van der Waals surface area contributed by atoms with Crippen LogP contribution < -0.4 is 19.7 Å². The second-order valence-corrected chi connectivity index (χ2v) is 9.10. The lowest BCUT2D eigenvalue weighted by Crippen LogP contribution is -2.49. The highest BCUT2D eigenvalue weighted by molar-refractivity contribution is 5.93. The molecule has 3 aromatic rings. The van der Waals surface area contributed by atoms with Crippen molar-refractivity contribution in [1.82, 2.24) is 14.7 Å². The summed E-state index contributed by atoms with van der Waals surface area (Å²) in [5, 5.41) is 7.26. The molecule has 1 amide bonds. The number of halogens is 3. The van der Waals surface area contributed by atoms with Crippen molar-refractivity contribution in [3.63, 3.8) is 0 Å². The molecule has 0 saturated carbocycles. The molecule has 0 unspecified atom stereocenters. The lowest BCUT2D eigenvalue weighted by atomic mass is 9.97. The van der Waals surface area contributed by atoms with E-state index in [4.69, 9.17) is 9.47 Å². The zero-order valence-electron chi connectivity index (χ0n) is 20.5. The van der Waals surface area contributed by atoms with Crippen molar-refractivity contribution in [3.8, 4) is 11.5 Å². The summed E-state index contributed by atoms with van der Waals surface area (Å²) >= 11 is 0. The van der Waals surface area contributed by atoms with Crippen molar-refractivity contribution in [2.75, 3.05) is 50.6 Å². The zero-order valence-corrected chi connectivity index (χ0v) is 20.5. The van der Waals surface area contributed by atoms with Crippen LogP contribution in [-0.4, -0.2) is 67.2 Å². The van der Waals surface area contributed by atoms with Gasteiger partial charge < -0.3 is 24.6 Å². The van der Waals surface area contributed by atoms with Crippen LogP contribution in [0.4, 0.5) is 24.7 Å². The molecule has 2 aliphatic heterocycles.